The molecular weight excluding hydrogens is 390 g/mol. The number of hydrogen-bond donors (Lipinski definition) is 3. The largest absolute Gasteiger partial charge is 0.497 e. The van der Waals surface area contributed by atoms with Gasteiger partial charge in [-0.05, 0) is 55.1 Å². The molecule has 0 heterocycles. The molecule has 0 bridgehead atoms. The summed E-state index contributed by atoms with van der Waals surface area (Å²) in [6.07, 6.45) is 3.00. The molecule has 3 unspecified atom stereocenters. The van der Waals surface area contributed by atoms with Crippen molar-refractivity contribution in [1.29, 1.82) is 0 Å². The van der Waals surface area contributed by atoms with Crippen molar-refractivity contribution in [2.75, 3.05) is 13.7 Å². The number of nitrogens with two attached hydrogens (primary N) is 1. The van der Waals surface area contributed by atoms with Gasteiger partial charge in [0.05, 0.1) is 7.11 Å². The Kier molecular flexibility index (Phi) is 8.49. The van der Waals surface area contributed by atoms with E-state index in [4.69, 9.17) is 10.5 Å². The fourth-order valence-electron chi connectivity index (χ4n) is 3.68. The number of ether oxygens (including phenoxy) is 1. The van der Waals surface area contributed by atoms with Gasteiger partial charge < -0.3 is 21.1 Å². The zero-order chi connectivity index (χ0) is 19.9. The van der Waals surface area contributed by atoms with E-state index in [0.29, 0.717) is 17.9 Å². The molecule has 3 rings (SSSR count). The van der Waals surface area contributed by atoms with E-state index < -0.39 is 6.04 Å². The first-order chi connectivity index (χ1) is 13.6. The van der Waals surface area contributed by atoms with Crippen molar-refractivity contribution in [2.24, 2.45) is 11.7 Å². The van der Waals surface area contributed by atoms with Crippen molar-refractivity contribution in [2.45, 2.75) is 31.3 Å². The molecule has 1 aliphatic carbocycles. The quantitative estimate of drug-likeness (QED) is 0.645. The summed E-state index contributed by atoms with van der Waals surface area (Å²) in [5, 5.41) is 5.97. The fraction of sp³-hybridized carbons (Fsp3) is 0.364. The van der Waals surface area contributed by atoms with Gasteiger partial charge in [0.2, 0.25) is 5.91 Å². The smallest absolute Gasteiger partial charge is 0.252 e. The van der Waals surface area contributed by atoms with Gasteiger partial charge in [-0.3, -0.25) is 9.59 Å². The predicted molar refractivity (Wildman–Crippen MR) is 115 cm³/mol. The molecular formula is C22H28ClN3O3. The highest BCUT2D eigenvalue weighted by Crippen LogP contribution is 2.25. The van der Waals surface area contributed by atoms with Crippen LogP contribution < -0.4 is 21.1 Å². The number of halogens is 1. The fourth-order valence-corrected chi connectivity index (χ4v) is 3.68. The van der Waals surface area contributed by atoms with Gasteiger partial charge in [-0.1, -0.05) is 36.8 Å². The SMILES string of the molecule is COc1ccc(C(=O)NC(C(=O)NC2CCCC2CN)c2ccccc2)cc1.Cl. The van der Waals surface area contributed by atoms with Crippen molar-refractivity contribution >= 4 is 24.2 Å². The lowest BCUT2D eigenvalue weighted by Crippen LogP contribution is -2.46. The molecule has 0 aliphatic heterocycles. The number of rotatable bonds is 7. The highest BCUT2D eigenvalue weighted by molar-refractivity contribution is 5.98. The van der Waals surface area contributed by atoms with Crippen LogP contribution in [0.3, 0.4) is 0 Å². The Labute approximate surface area is 177 Å². The van der Waals surface area contributed by atoms with Crippen molar-refractivity contribution in [3.05, 3.63) is 65.7 Å². The molecule has 2 amide bonds. The maximum atomic E-state index is 13.0. The van der Waals surface area contributed by atoms with E-state index in [2.05, 4.69) is 10.6 Å². The van der Waals surface area contributed by atoms with E-state index >= 15 is 0 Å². The first kappa shape index (κ1) is 22.7. The Morgan fingerprint density at radius 2 is 1.79 bits per heavy atom. The number of benzene rings is 2. The minimum atomic E-state index is -0.769. The monoisotopic (exact) mass is 417 g/mol. The van der Waals surface area contributed by atoms with Gasteiger partial charge >= 0.3 is 0 Å². The molecule has 0 aromatic heterocycles. The summed E-state index contributed by atoms with van der Waals surface area (Å²) in [5.41, 5.74) is 7.04. The number of hydrogen-bond acceptors (Lipinski definition) is 4. The van der Waals surface area contributed by atoms with Gasteiger partial charge in [0, 0.05) is 11.6 Å². The Morgan fingerprint density at radius 1 is 1.10 bits per heavy atom. The summed E-state index contributed by atoms with van der Waals surface area (Å²) in [7, 11) is 1.57. The van der Waals surface area contributed by atoms with Crippen LogP contribution in [0.25, 0.3) is 0 Å². The Hall–Kier alpha value is -2.57. The summed E-state index contributed by atoms with van der Waals surface area (Å²) in [5.74, 6) is 0.437. The van der Waals surface area contributed by atoms with E-state index in [1.165, 1.54) is 0 Å². The van der Waals surface area contributed by atoms with Crippen molar-refractivity contribution in [3.63, 3.8) is 0 Å². The summed E-state index contributed by atoms with van der Waals surface area (Å²) in [6, 6.07) is 15.3. The van der Waals surface area contributed by atoms with Gasteiger partial charge in [0.1, 0.15) is 11.8 Å². The highest BCUT2D eigenvalue weighted by Gasteiger charge is 2.31. The molecule has 2 aromatic carbocycles. The summed E-state index contributed by atoms with van der Waals surface area (Å²) >= 11 is 0. The van der Waals surface area contributed by atoms with E-state index in [0.717, 1.165) is 24.8 Å². The van der Waals surface area contributed by atoms with Crippen LogP contribution in [0, 0.1) is 5.92 Å². The van der Waals surface area contributed by atoms with Crippen molar-refractivity contribution < 1.29 is 14.3 Å². The molecule has 0 saturated heterocycles. The molecule has 2 aromatic rings. The van der Waals surface area contributed by atoms with Gasteiger partial charge in [-0.15, -0.1) is 12.4 Å². The molecule has 1 fully saturated rings. The second-order valence-electron chi connectivity index (χ2n) is 7.09. The minimum absolute atomic E-state index is 0. The molecule has 7 heteroatoms. The third-order valence-corrected chi connectivity index (χ3v) is 5.31. The lowest BCUT2D eigenvalue weighted by molar-refractivity contribution is -0.124. The second kappa shape index (κ2) is 10.8. The Morgan fingerprint density at radius 3 is 2.41 bits per heavy atom. The van der Waals surface area contributed by atoms with E-state index in [-0.39, 0.29) is 36.2 Å². The zero-order valence-corrected chi connectivity index (χ0v) is 17.3. The molecule has 0 radical (unpaired) electrons. The van der Waals surface area contributed by atoms with Crippen LogP contribution in [0.15, 0.2) is 54.6 Å². The van der Waals surface area contributed by atoms with Crippen LogP contribution in [-0.4, -0.2) is 31.5 Å². The maximum absolute atomic E-state index is 13.0. The van der Waals surface area contributed by atoms with Crippen LogP contribution in [-0.2, 0) is 4.79 Å². The average molecular weight is 418 g/mol. The molecule has 3 atom stereocenters. The van der Waals surface area contributed by atoms with E-state index in [1.54, 1.807) is 31.4 Å². The lowest BCUT2D eigenvalue weighted by atomic mass is 10.0. The predicted octanol–water partition coefficient (Wildman–Crippen LogP) is 2.83. The lowest BCUT2D eigenvalue weighted by Gasteiger charge is -2.24. The third kappa shape index (κ3) is 5.71. The second-order valence-corrected chi connectivity index (χ2v) is 7.09. The molecule has 29 heavy (non-hydrogen) atoms. The number of carbonyl (C=O) groups excluding carboxylic acids is 2. The number of amides is 2. The van der Waals surface area contributed by atoms with Crippen LogP contribution in [0.2, 0.25) is 0 Å². The van der Waals surface area contributed by atoms with Gasteiger partial charge in [-0.25, -0.2) is 0 Å². The molecule has 6 nitrogen and oxygen atoms in total. The summed E-state index contributed by atoms with van der Waals surface area (Å²) < 4.78 is 5.13. The van der Waals surface area contributed by atoms with E-state index in [9.17, 15) is 9.59 Å². The molecule has 1 saturated carbocycles. The molecule has 0 spiro atoms. The van der Waals surface area contributed by atoms with Crippen molar-refractivity contribution in [1.82, 2.24) is 10.6 Å². The normalized spacial score (nSPS) is 19.0. The zero-order valence-electron chi connectivity index (χ0n) is 16.5. The first-order valence-electron chi connectivity index (χ1n) is 9.62. The Balaban J connectivity index is 0.00000300. The number of carbonyl (C=O) groups is 2. The van der Waals surface area contributed by atoms with Crippen LogP contribution in [0.1, 0.15) is 41.2 Å². The Bertz CT molecular complexity index is 799. The van der Waals surface area contributed by atoms with E-state index in [1.807, 2.05) is 30.3 Å². The molecule has 4 N–H and O–H groups in total. The van der Waals surface area contributed by atoms with Gasteiger partial charge in [0.15, 0.2) is 0 Å². The third-order valence-electron chi connectivity index (χ3n) is 5.31. The maximum Gasteiger partial charge on any atom is 0.252 e. The molecule has 156 valence electrons. The van der Waals surface area contributed by atoms with Gasteiger partial charge in [0.25, 0.3) is 5.91 Å². The average Bonchev–Trinajstić information content (AvgIpc) is 3.19. The topological polar surface area (TPSA) is 93.4 Å². The molecule has 1 aliphatic rings. The summed E-state index contributed by atoms with van der Waals surface area (Å²) in [4.78, 5) is 25.8. The van der Waals surface area contributed by atoms with Crippen molar-refractivity contribution in [3.8, 4) is 5.75 Å². The standard InChI is InChI=1S/C22H27N3O3.ClH/c1-28-18-12-10-16(11-13-18)21(26)25-20(15-6-3-2-4-7-15)22(27)24-19-9-5-8-17(19)14-23;/h2-4,6-7,10-13,17,19-20H,5,8-9,14,23H2,1H3,(H,24,27)(H,25,26);1H. The minimum Gasteiger partial charge on any atom is -0.497 e. The van der Waals surface area contributed by atoms with Gasteiger partial charge in [-0.2, -0.15) is 0 Å². The van der Waals surface area contributed by atoms with Crippen LogP contribution in [0.5, 0.6) is 5.75 Å². The van der Waals surface area contributed by atoms with Crippen LogP contribution >= 0.6 is 12.4 Å². The summed E-state index contributed by atoms with van der Waals surface area (Å²) in [6.45, 7) is 0.555. The number of nitrogens with one attached hydrogen (secondary N) is 2. The van der Waals surface area contributed by atoms with Crippen LogP contribution in [0.4, 0.5) is 0 Å². The highest BCUT2D eigenvalue weighted by atomic mass is 35.5. The number of methoxy groups -OCH3 is 1. The first-order valence-corrected chi connectivity index (χ1v) is 9.62.